The van der Waals surface area contributed by atoms with Crippen molar-refractivity contribution in [2.75, 3.05) is 6.54 Å². The van der Waals surface area contributed by atoms with E-state index < -0.39 is 0 Å². The number of benzene rings is 1. The third kappa shape index (κ3) is 3.71. The van der Waals surface area contributed by atoms with Crippen LogP contribution in [0.25, 0.3) is 0 Å². The van der Waals surface area contributed by atoms with Crippen LogP contribution in [0.3, 0.4) is 0 Å². The first-order valence-electron chi connectivity index (χ1n) is 6.39. The summed E-state index contributed by atoms with van der Waals surface area (Å²) in [4.78, 5) is 12.0. The molecule has 2 N–H and O–H groups in total. The van der Waals surface area contributed by atoms with Crippen molar-refractivity contribution in [3.05, 3.63) is 40.1 Å². The molecule has 1 heterocycles. The monoisotopic (exact) mass is 296 g/mol. The molecule has 5 nitrogen and oxygen atoms in total. The average Bonchev–Trinajstić information content (AvgIpc) is 2.71. The zero-order valence-corrected chi connectivity index (χ0v) is 12.3. The molecule has 0 saturated heterocycles. The van der Waals surface area contributed by atoms with Gasteiger partial charge in [0.05, 0.1) is 0 Å². The molecule has 0 saturated carbocycles. The summed E-state index contributed by atoms with van der Waals surface area (Å²) in [5.74, 6) is -0.288. The quantitative estimate of drug-likeness (QED) is 0.799. The van der Waals surface area contributed by atoms with Gasteiger partial charge >= 0.3 is 5.69 Å². The van der Waals surface area contributed by atoms with E-state index in [1.54, 1.807) is 7.05 Å². The smallest absolute Gasteiger partial charge is 0.313 e. The number of halogens is 1. The van der Waals surface area contributed by atoms with Gasteiger partial charge in [-0.25, -0.2) is 14.3 Å². The van der Waals surface area contributed by atoms with Crippen LogP contribution in [0.5, 0.6) is 0 Å². The van der Waals surface area contributed by atoms with Gasteiger partial charge in [0.15, 0.2) is 5.16 Å². The normalized spacial score (nSPS) is 10.9. The summed E-state index contributed by atoms with van der Waals surface area (Å²) in [5, 5.41) is 9.99. The Bertz CT molecular complexity index is 638. The highest BCUT2D eigenvalue weighted by Gasteiger charge is 2.08. The van der Waals surface area contributed by atoms with Crippen LogP contribution in [0.1, 0.15) is 18.9 Å². The van der Waals surface area contributed by atoms with Crippen molar-refractivity contribution in [3.8, 4) is 0 Å². The van der Waals surface area contributed by atoms with Crippen LogP contribution in [-0.2, 0) is 13.6 Å². The van der Waals surface area contributed by atoms with Gasteiger partial charge < -0.3 is 5.32 Å². The summed E-state index contributed by atoms with van der Waals surface area (Å²) >= 11 is 1.26. The van der Waals surface area contributed by atoms with Gasteiger partial charge in [0.1, 0.15) is 5.82 Å². The fourth-order valence-electron chi connectivity index (χ4n) is 1.72. The maximum Gasteiger partial charge on any atom is 0.343 e. The molecule has 0 aliphatic heterocycles. The molecule has 20 heavy (non-hydrogen) atoms. The van der Waals surface area contributed by atoms with Crippen molar-refractivity contribution in [2.24, 2.45) is 7.05 Å². The van der Waals surface area contributed by atoms with E-state index in [4.69, 9.17) is 0 Å². The van der Waals surface area contributed by atoms with Gasteiger partial charge in [0, 0.05) is 18.5 Å². The van der Waals surface area contributed by atoms with E-state index in [9.17, 15) is 9.18 Å². The lowest BCUT2D eigenvalue weighted by Gasteiger charge is -2.06. The standard InChI is InChI=1S/C13H17FN4OS/c1-3-4-15-8-9-5-10(14)7-11(6-9)20-13-17-16-12(19)18(13)2/h5-7,15H,3-4,8H2,1-2H3,(H,16,19). The lowest BCUT2D eigenvalue weighted by atomic mass is 10.2. The summed E-state index contributed by atoms with van der Waals surface area (Å²) in [6.07, 6.45) is 1.03. The minimum Gasteiger partial charge on any atom is -0.313 e. The minimum atomic E-state index is -0.288. The Labute approximate surface area is 120 Å². The van der Waals surface area contributed by atoms with Crippen LogP contribution >= 0.6 is 11.8 Å². The van der Waals surface area contributed by atoms with Crippen LogP contribution in [0.15, 0.2) is 33.0 Å². The molecule has 1 aromatic carbocycles. The van der Waals surface area contributed by atoms with Crippen LogP contribution in [0.2, 0.25) is 0 Å². The van der Waals surface area contributed by atoms with Crippen LogP contribution in [-0.4, -0.2) is 21.3 Å². The molecule has 2 rings (SSSR count). The Morgan fingerprint density at radius 2 is 2.25 bits per heavy atom. The highest BCUT2D eigenvalue weighted by molar-refractivity contribution is 7.99. The molecule has 1 aromatic heterocycles. The van der Waals surface area contributed by atoms with E-state index in [0.717, 1.165) is 23.4 Å². The second-order valence-corrected chi connectivity index (χ2v) is 5.49. The molecule has 108 valence electrons. The van der Waals surface area contributed by atoms with Gasteiger partial charge in [0.25, 0.3) is 0 Å². The summed E-state index contributed by atoms with van der Waals surface area (Å²) in [5.41, 5.74) is 0.593. The molecule has 0 aliphatic rings. The summed E-state index contributed by atoms with van der Waals surface area (Å²) in [6.45, 7) is 3.60. The third-order valence-electron chi connectivity index (χ3n) is 2.73. The van der Waals surface area contributed by atoms with Crippen LogP contribution < -0.4 is 11.0 Å². The number of H-pyrrole nitrogens is 1. The van der Waals surface area contributed by atoms with Gasteiger partial charge in [0.2, 0.25) is 0 Å². The van der Waals surface area contributed by atoms with E-state index in [-0.39, 0.29) is 11.5 Å². The first kappa shape index (κ1) is 14.8. The largest absolute Gasteiger partial charge is 0.343 e. The molecular weight excluding hydrogens is 279 g/mol. The molecule has 0 fully saturated rings. The maximum absolute atomic E-state index is 13.6. The molecule has 0 spiro atoms. The number of aromatic nitrogens is 3. The van der Waals surface area contributed by atoms with E-state index in [0.29, 0.717) is 11.7 Å². The van der Waals surface area contributed by atoms with Gasteiger partial charge in [-0.3, -0.25) is 4.57 Å². The van der Waals surface area contributed by atoms with E-state index in [1.165, 1.54) is 28.5 Å². The summed E-state index contributed by atoms with van der Waals surface area (Å²) in [6, 6.07) is 4.85. The van der Waals surface area contributed by atoms with Crippen molar-refractivity contribution in [2.45, 2.75) is 29.9 Å². The molecular formula is C13H17FN4OS. The zero-order valence-electron chi connectivity index (χ0n) is 11.4. The minimum absolute atomic E-state index is 0.284. The Morgan fingerprint density at radius 3 is 2.90 bits per heavy atom. The highest BCUT2D eigenvalue weighted by Crippen LogP contribution is 2.26. The Hall–Kier alpha value is -1.60. The number of hydrogen-bond donors (Lipinski definition) is 2. The molecule has 0 bridgehead atoms. The molecule has 0 atom stereocenters. The third-order valence-corrected chi connectivity index (χ3v) is 3.75. The maximum atomic E-state index is 13.6. The number of nitrogens with one attached hydrogen (secondary N) is 2. The molecule has 0 aliphatic carbocycles. The topological polar surface area (TPSA) is 62.7 Å². The van der Waals surface area contributed by atoms with Gasteiger partial charge in [-0.05, 0) is 48.5 Å². The SMILES string of the molecule is CCCNCc1cc(F)cc(Sc2n[nH]c(=O)n2C)c1. The van der Waals surface area contributed by atoms with Crippen molar-refractivity contribution in [1.29, 1.82) is 0 Å². The number of hydrogen-bond acceptors (Lipinski definition) is 4. The lowest BCUT2D eigenvalue weighted by Crippen LogP contribution is -2.14. The number of rotatable bonds is 6. The predicted molar refractivity (Wildman–Crippen MR) is 76.3 cm³/mol. The molecule has 0 unspecified atom stereocenters. The van der Waals surface area contributed by atoms with Crippen molar-refractivity contribution < 1.29 is 4.39 Å². The molecule has 0 radical (unpaired) electrons. The molecule has 7 heteroatoms. The van der Waals surface area contributed by atoms with Crippen molar-refractivity contribution >= 4 is 11.8 Å². The predicted octanol–water partition coefficient (Wildman–Crippen LogP) is 1.90. The van der Waals surface area contributed by atoms with E-state index in [2.05, 4.69) is 22.4 Å². The lowest BCUT2D eigenvalue weighted by molar-refractivity contribution is 0.615. The first-order valence-corrected chi connectivity index (χ1v) is 7.21. The van der Waals surface area contributed by atoms with Crippen LogP contribution in [0, 0.1) is 5.82 Å². The molecule has 2 aromatic rings. The van der Waals surface area contributed by atoms with Gasteiger partial charge in [-0.1, -0.05) is 6.92 Å². The average molecular weight is 296 g/mol. The van der Waals surface area contributed by atoms with Crippen molar-refractivity contribution in [3.63, 3.8) is 0 Å². The number of nitrogens with zero attached hydrogens (tertiary/aromatic N) is 2. The van der Waals surface area contributed by atoms with Crippen LogP contribution in [0.4, 0.5) is 4.39 Å². The Morgan fingerprint density at radius 1 is 1.45 bits per heavy atom. The fraction of sp³-hybridized carbons (Fsp3) is 0.385. The number of aromatic amines is 1. The first-order chi connectivity index (χ1) is 9.60. The second-order valence-electron chi connectivity index (χ2n) is 4.44. The second kappa shape index (κ2) is 6.71. The Balaban J connectivity index is 2.15. The van der Waals surface area contributed by atoms with Gasteiger partial charge in [-0.15, -0.1) is 5.10 Å². The zero-order chi connectivity index (χ0) is 14.5. The summed E-state index contributed by atoms with van der Waals surface area (Å²) in [7, 11) is 1.62. The Kier molecular flexibility index (Phi) is 4.97. The molecule has 0 amide bonds. The van der Waals surface area contributed by atoms with Gasteiger partial charge in [-0.2, -0.15) is 0 Å². The fourth-order valence-corrected chi connectivity index (χ4v) is 2.62. The van der Waals surface area contributed by atoms with E-state index >= 15 is 0 Å². The van der Waals surface area contributed by atoms with Crippen molar-refractivity contribution in [1.82, 2.24) is 20.1 Å². The summed E-state index contributed by atoms with van der Waals surface area (Å²) < 4.78 is 15.0. The van der Waals surface area contributed by atoms with E-state index in [1.807, 2.05) is 6.07 Å². The highest BCUT2D eigenvalue weighted by atomic mass is 32.2.